The Morgan fingerprint density at radius 2 is 1.78 bits per heavy atom. The number of carbonyl (C=O) groups is 1. The Labute approximate surface area is 211 Å². The number of anilines is 3. The third kappa shape index (κ3) is 6.38. The predicted octanol–water partition coefficient (Wildman–Crippen LogP) is 4.17. The fourth-order valence-electron chi connectivity index (χ4n) is 4.16. The molecule has 2 N–H and O–H groups in total. The van der Waals surface area contributed by atoms with E-state index >= 15 is 0 Å². The van der Waals surface area contributed by atoms with E-state index in [1.54, 1.807) is 30.3 Å². The highest BCUT2D eigenvalue weighted by atomic mass is 32.2. The highest BCUT2D eigenvalue weighted by Crippen LogP contribution is 2.25. The first-order valence-electron chi connectivity index (χ1n) is 11.7. The van der Waals surface area contributed by atoms with E-state index in [0.29, 0.717) is 48.3 Å². The molecule has 0 aliphatic carbocycles. The number of amides is 2. The lowest BCUT2D eigenvalue weighted by Gasteiger charge is -2.34. The fraction of sp³-hybridized carbons (Fsp3) is 0.346. The van der Waals surface area contributed by atoms with Gasteiger partial charge in [0.05, 0.1) is 30.7 Å². The number of rotatable bonds is 6. The van der Waals surface area contributed by atoms with Crippen molar-refractivity contribution in [2.45, 2.75) is 32.6 Å². The molecular formula is C26H31N5O4S. The molecule has 9 nitrogen and oxygen atoms in total. The lowest BCUT2D eigenvalue weighted by Crippen LogP contribution is -2.44. The van der Waals surface area contributed by atoms with Crippen LogP contribution in [0.15, 0.2) is 48.5 Å². The molecular weight excluding hydrogens is 478 g/mol. The van der Waals surface area contributed by atoms with Gasteiger partial charge in [0.25, 0.3) is 0 Å². The Kier molecular flexibility index (Phi) is 7.56. The monoisotopic (exact) mass is 509 g/mol. The first-order valence-corrected chi connectivity index (χ1v) is 13.8. The minimum atomic E-state index is -3.28. The van der Waals surface area contributed by atoms with Gasteiger partial charge in [-0.15, -0.1) is 0 Å². The molecule has 36 heavy (non-hydrogen) atoms. The number of nitrogens with one attached hydrogen (secondary N) is 2. The average molecular weight is 510 g/mol. The van der Waals surface area contributed by atoms with Gasteiger partial charge in [-0.2, -0.15) is 0 Å². The maximum Gasteiger partial charge on any atom is 0.323 e. The van der Waals surface area contributed by atoms with Crippen molar-refractivity contribution >= 4 is 33.1 Å². The van der Waals surface area contributed by atoms with Gasteiger partial charge in [0.1, 0.15) is 5.82 Å². The number of aryl methyl sites for hydroxylation is 2. The highest BCUT2D eigenvalue weighted by molar-refractivity contribution is 7.89. The molecule has 0 bridgehead atoms. The SMILES string of the molecule is Cc1cccc(C)c1NC(=O)Nc1ccc(-c2nc(CS(C)(=O)=O)cc(N3CCOC[C@@H]3C)n2)cc1. The fourth-order valence-corrected chi connectivity index (χ4v) is 4.84. The molecule has 1 aliphatic rings. The number of aromatic nitrogens is 2. The molecule has 1 atom stereocenters. The Bertz CT molecular complexity index is 1340. The van der Waals surface area contributed by atoms with E-state index < -0.39 is 9.84 Å². The second-order valence-corrected chi connectivity index (χ2v) is 11.3. The Hall–Kier alpha value is -3.50. The average Bonchev–Trinajstić information content (AvgIpc) is 2.81. The molecule has 0 unspecified atom stereocenters. The van der Waals surface area contributed by atoms with Crippen molar-refractivity contribution in [1.82, 2.24) is 9.97 Å². The van der Waals surface area contributed by atoms with Crippen LogP contribution in [0.1, 0.15) is 23.7 Å². The molecule has 2 aromatic carbocycles. The van der Waals surface area contributed by atoms with E-state index in [-0.39, 0.29) is 17.8 Å². The number of hydrogen-bond acceptors (Lipinski definition) is 7. The quantitative estimate of drug-likeness (QED) is 0.513. The van der Waals surface area contributed by atoms with Crippen molar-refractivity contribution in [1.29, 1.82) is 0 Å². The van der Waals surface area contributed by atoms with Crippen LogP contribution in [0.25, 0.3) is 11.4 Å². The lowest BCUT2D eigenvalue weighted by atomic mass is 10.1. The van der Waals surface area contributed by atoms with Gasteiger partial charge in [-0.05, 0) is 56.2 Å². The second-order valence-electron chi connectivity index (χ2n) is 9.15. The molecule has 2 amide bonds. The van der Waals surface area contributed by atoms with Gasteiger partial charge in [0.15, 0.2) is 15.7 Å². The van der Waals surface area contributed by atoms with Gasteiger partial charge in [0.2, 0.25) is 0 Å². The van der Waals surface area contributed by atoms with Crippen molar-refractivity contribution in [3.8, 4) is 11.4 Å². The molecule has 1 aliphatic heterocycles. The predicted molar refractivity (Wildman–Crippen MR) is 142 cm³/mol. The van der Waals surface area contributed by atoms with Crippen molar-refractivity contribution in [3.63, 3.8) is 0 Å². The number of nitrogens with zero attached hydrogens (tertiary/aromatic N) is 3. The molecule has 0 saturated carbocycles. The van der Waals surface area contributed by atoms with Crippen molar-refractivity contribution < 1.29 is 17.9 Å². The zero-order chi connectivity index (χ0) is 25.9. The third-order valence-corrected chi connectivity index (χ3v) is 6.78. The smallest absolute Gasteiger partial charge is 0.323 e. The van der Waals surface area contributed by atoms with Crippen LogP contribution in [0.5, 0.6) is 0 Å². The van der Waals surface area contributed by atoms with Gasteiger partial charge in [0, 0.05) is 35.8 Å². The maximum atomic E-state index is 12.5. The molecule has 0 spiro atoms. The summed E-state index contributed by atoms with van der Waals surface area (Å²) in [5, 5.41) is 5.75. The number of sulfone groups is 1. The first-order chi connectivity index (χ1) is 17.1. The molecule has 4 rings (SSSR count). The third-order valence-electron chi connectivity index (χ3n) is 5.96. The summed E-state index contributed by atoms with van der Waals surface area (Å²) in [4.78, 5) is 23.9. The van der Waals surface area contributed by atoms with E-state index in [2.05, 4.69) is 20.5 Å². The number of carbonyl (C=O) groups excluding carboxylic acids is 1. The molecule has 1 aromatic heterocycles. The van der Waals surface area contributed by atoms with E-state index in [9.17, 15) is 13.2 Å². The summed E-state index contributed by atoms with van der Waals surface area (Å²) in [5.41, 5.74) is 4.51. The van der Waals surface area contributed by atoms with Gasteiger partial charge in [-0.25, -0.2) is 23.2 Å². The number of hydrogen-bond donors (Lipinski definition) is 2. The van der Waals surface area contributed by atoms with Gasteiger partial charge in [-0.1, -0.05) is 18.2 Å². The van der Waals surface area contributed by atoms with E-state index in [1.165, 1.54) is 6.26 Å². The topological polar surface area (TPSA) is 114 Å². The summed E-state index contributed by atoms with van der Waals surface area (Å²) in [5.74, 6) is 0.924. The Morgan fingerprint density at radius 3 is 2.42 bits per heavy atom. The number of benzene rings is 2. The van der Waals surface area contributed by atoms with Crippen LogP contribution < -0.4 is 15.5 Å². The molecule has 2 heterocycles. The van der Waals surface area contributed by atoms with Crippen LogP contribution in [0.3, 0.4) is 0 Å². The van der Waals surface area contributed by atoms with E-state index in [0.717, 1.165) is 16.8 Å². The highest BCUT2D eigenvalue weighted by Gasteiger charge is 2.22. The standard InChI is InChI=1S/C26H31N5O4S/c1-17-6-5-7-18(2)24(17)30-26(32)28-21-10-8-20(9-11-21)25-27-22(16-36(4,33)34)14-23(29-25)31-12-13-35-15-19(31)3/h5-11,14,19H,12-13,15-16H2,1-4H3,(H2,28,30,32)/t19-/m0/s1. The summed E-state index contributed by atoms with van der Waals surface area (Å²) < 4.78 is 29.5. The lowest BCUT2D eigenvalue weighted by molar-refractivity contribution is 0.0985. The molecule has 0 radical (unpaired) electrons. The molecule has 1 saturated heterocycles. The van der Waals surface area contributed by atoms with Crippen LogP contribution >= 0.6 is 0 Å². The zero-order valence-corrected chi connectivity index (χ0v) is 21.7. The second kappa shape index (κ2) is 10.6. The summed E-state index contributed by atoms with van der Waals surface area (Å²) in [6.07, 6.45) is 1.19. The summed E-state index contributed by atoms with van der Waals surface area (Å²) >= 11 is 0. The summed E-state index contributed by atoms with van der Waals surface area (Å²) in [7, 11) is -3.28. The van der Waals surface area contributed by atoms with E-state index in [4.69, 9.17) is 9.72 Å². The Morgan fingerprint density at radius 1 is 1.08 bits per heavy atom. The number of para-hydroxylation sites is 1. The summed E-state index contributed by atoms with van der Waals surface area (Å²) in [6, 6.07) is 14.5. The minimum absolute atomic E-state index is 0.106. The number of urea groups is 1. The zero-order valence-electron chi connectivity index (χ0n) is 20.9. The molecule has 3 aromatic rings. The normalized spacial score (nSPS) is 16.0. The van der Waals surface area contributed by atoms with Gasteiger partial charge >= 0.3 is 6.03 Å². The maximum absolute atomic E-state index is 12.5. The number of morpholine rings is 1. The van der Waals surface area contributed by atoms with Crippen LogP contribution in [0.4, 0.5) is 22.0 Å². The Balaban J connectivity index is 1.56. The van der Waals surface area contributed by atoms with Crippen LogP contribution in [-0.2, 0) is 20.3 Å². The minimum Gasteiger partial charge on any atom is -0.377 e. The molecule has 10 heteroatoms. The largest absolute Gasteiger partial charge is 0.377 e. The van der Waals surface area contributed by atoms with Crippen molar-refractivity contribution in [2.24, 2.45) is 0 Å². The van der Waals surface area contributed by atoms with Crippen LogP contribution in [0, 0.1) is 13.8 Å². The van der Waals surface area contributed by atoms with E-state index in [1.807, 2.05) is 39.0 Å². The van der Waals surface area contributed by atoms with Gasteiger partial charge < -0.3 is 20.3 Å². The van der Waals surface area contributed by atoms with Crippen LogP contribution in [0.2, 0.25) is 0 Å². The van der Waals surface area contributed by atoms with Crippen LogP contribution in [-0.4, -0.2) is 56.5 Å². The van der Waals surface area contributed by atoms with Crippen molar-refractivity contribution in [2.75, 3.05) is 41.5 Å². The molecule has 190 valence electrons. The number of ether oxygens (including phenoxy) is 1. The first kappa shape index (κ1) is 25.6. The van der Waals surface area contributed by atoms with Gasteiger partial charge in [-0.3, -0.25) is 0 Å². The summed E-state index contributed by atoms with van der Waals surface area (Å²) in [6.45, 7) is 7.75. The van der Waals surface area contributed by atoms with Crippen molar-refractivity contribution in [3.05, 3.63) is 65.4 Å². The molecule has 1 fully saturated rings.